The summed E-state index contributed by atoms with van der Waals surface area (Å²) >= 11 is 0. The molecule has 0 radical (unpaired) electrons. The SMILES string of the molecule is CN=C(/C(C)=C(\C)N)c1ccc2nc(OC3CC3)ccc2c1. The molecule has 0 aliphatic heterocycles. The van der Waals surface area contributed by atoms with Crippen molar-refractivity contribution < 1.29 is 4.74 Å². The first-order chi connectivity index (χ1) is 10.6. The number of aliphatic imine (C=N–C) groups is 1. The number of ether oxygens (including phenoxy) is 1. The van der Waals surface area contributed by atoms with Crippen LogP contribution in [-0.4, -0.2) is 23.8 Å². The zero-order chi connectivity index (χ0) is 15.7. The topological polar surface area (TPSA) is 60.5 Å². The summed E-state index contributed by atoms with van der Waals surface area (Å²) in [5, 5.41) is 1.07. The molecule has 1 saturated carbocycles. The molecular weight excluding hydrogens is 274 g/mol. The molecule has 22 heavy (non-hydrogen) atoms. The van der Waals surface area contributed by atoms with Gasteiger partial charge in [-0.3, -0.25) is 4.99 Å². The lowest BCUT2D eigenvalue weighted by Gasteiger charge is -2.10. The molecule has 4 heteroatoms. The maximum Gasteiger partial charge on any atom is 0.214 e. The van der Waals surface area contributed by atoms with Gasteiger partial charge in [-0.2, -0.15) is 0 Å². The van der Waals surface area contributed by atoms with E-state index in [2.05, 4.69) is 16.0 Å². The fourth-order valence-corrected chi connectivity index (χ4v) is 2.38. The Morgan fingerprint density at radius 1 is 1.23 bits per heavy atom. The molecular formula is C18H21N3O. The second kappa shape index (κ2) is 5.79. The van der Waals surface area contributed by atoms with Crippen molar-refractivity contribution in [1.82, 2.24) is 4.98 Å². The zero-order valence-electron chi connectivity index (χ0n) is 13.3. The number of allylic oxidation sites excluding steroid dienone is 2. The summed E-state index contributed by atoms with van der Waals surface area (Å²) in [6.07, 6.45) is 2.64. The molecule has 4 nitrogen and oxygen atoms in total. The van der Waals surface area contributed by atoms with Crippen LogP contribution in [0.1, 0.15) is 32.3 Å². The Morgan fingerprint density at radius 3 is 2.64 bits per heavy atom. The van der Waals surface area contributed by atoms with Gasteiger partial charge < -0.3 is 10.5 Å². The molecule has 1 aliphatic rings. The van der Waals surface area contributed by atoms with E-state index < -0.39 is 0 Å². The largest absolute Gasteiger partial charge is 0.474 e. The van der Waals surface area contributed by atoms with Crippen LogP contribution >= 0.6 is 0 Å². The van der Waals surface area contributed by atoms with Crippen LogP contribution in [0, 0.1) is 0 Å². The van der Waals surface area contributed by atoms with Crippen molar-refractivity contribution >= 4 is 16.6 Å². The average Bonchev–Trinajstić information content (AvgIpc) is 3.31. The highest BCUT2D eigenvalue weighted by Gasteiger charge is 2.24. The molecule has 0 unspecified atom stereocenters. The minimum atomic E-state index is 0.364. The highest BCUT2D eigenvalue weighted by Crippen LogP contribution is 2.27. The zero-order valence-corrected chi connectivity index (χ0v) is 13.3. The second-order valence-electron chi connectivity index (χ2n) is 5.75. The first-order valence-corrected chi connectivity index (χ1v) is 7.56. The summed E-state index contributed by atoms with van der Waals surface area (Å²) in [4.78, 5) is 8.95. The minimum absolute atomic E-state index is 0.364. The summed E-state index contributed by atoms with van der Waals surface area (Å²) in [6.45, 7) is 3.89. The predicted octanol–water partition coefficient (Wildman–Crippen LogP) is 3.45. The van der Waals surface area contributed by atoms with Gasteiger partial charge in [0.2, 0.25) is 5.88 Å². The third kappa shape index (κ3) is 2.96. The molecule has 1 aromatic heterocycles. The van der Waals surface area contributed by atoms with Gasteiger partial charge in [0.15, 0.2) is 0 Å². The highest BCUT2D eigenvalue weighted by atomic mass is 16.5. The number of benzene rings is 1. The molecule has 0 amide bonds. The van der Waals surface area contributed by atoms with E-state index in [0.29, 0.717) is 12.0 Å². The number of fused-ring (bicyclic) bond motifs is 1. The fraction of sp³-hybridized carbons (Fsp3) is 0.333. The van der Waals surface area contributed by atoms with E-state index >= 15 is 0 Å². The van der Waals surface area contributed by atoms with Crippen molar-refractivity contribution in [3.63, 3.8) is 0 Å². The van der Waals surface area contributed by atoms with Gasteiger partial charge in [-0.1, -0.05) is 6.07 Å². The van der Waals surface area contributed by atoms with Gasteiger partial charge in [0, 0.05) is 29.8 Å². The standard InChI is InChI=1S/C18H21N3O/c1-11(12(2)19)18(20-3)14-4-8-16-13(10-14)5-9-17(21-16)22-15-6-7-15/h4-5,8-10,15H,6-7,19H2,1-3H3/b12-11+,20-18?. The Labute approximate surface area is 130 Å². The number of rotatable bonds is 4. The van der Waals surface area contributed by atoms with Crippen LogP contribution in [0.4, 0.5) is 0 Å². The Morgan fingerprint density at radius 2 is 2.00 bits per heavy atom. The summed E-state index contributed by atoms with van der Waals surface area (Å²) in [5.74, 6) is 0.709. The molecule has 1 aliphatic carbocycles. The number of aromatic nitrogens is 1. The summed E-state index contributed by atoms with van der Waals surface area (Å²) < 4.78 is 5.74. The minimum Gasteiger partial charge on any atom is -0.474 e. The van der Waals surface area contributed by atoms with E-state index in [9.17, 15) is 0 Å². The van der Waals surface area contributed by atoms with E-state index in [1.54, 1.807) is 7.05 Å². The maximum absolute atomic E-state index is 5.90. The number of nitrogens with zero attached hydrogens (tertiary/aromatic N) is 2. The molecule has 0 atom stereocenters. The van der Waals surface area contributed by atoms with Crippen LogP contribution in [0.15, 0.2) is 46.6 Å². The predicted molar refractivity (Wildman–Crippen MR) is 90.4 cm³/mol. The molecule has 0 spiro atoms. The molecule has 0 bridgehead atoms. The maximum atomic E-state index is 5.90. The van der Waals surface area contributed by atoms with E-state index in [0.717, 1.165) is 46.3 Å². The quantitative estimate of drug-likeness (QED) is 0.879. The van der Waals surface area contributed by atoms with Crippen molar-refractivity contribution in [2.24, 2.45) is 10.7 Å². The van der Waals surface area contributed by atoms with Crippen LogP contribution < -0.4 is 10.5 Å². The summed E-state index contributed by atoms with van der Waals surface area (Å²) in [5.41, 5.74) is 10.6. The molecule has 1 aromatic carbocycles. The van der Waals surface area contributed by atoms with E-state index in [1.807, 2.05) is 38.1 Å². The lowest BCUT2D eigenvalue weighted by molar-refractivity contribution is 0.292. The normalized spacial score (nSPS) is 16.6. The molecule has 1 heterocycles. The van der Waals surface area contributed by atoms with Crippen LogP contribution in [0.25, 0.3) is 10.9 Å². The summed E-state index contributed by atoms with van der Waals surface area (Å²) in [7, 11) is 1.79. The van der Waals surface area contributed by atoms with Crippen molar-refractivity contribution in [1.29, 1.82) is 0 Å². The van der Waals surface area contributed by atoms with Gasteiger partial charge in [0.1, 0.15) is 6.10 Å². The molecule has 2 N–H and O–H groups in total. The third-order valence-electron chi connectivity index (χ3n) is 3.92. The molecule has 1 fully saturated rings. The summed E-state index contributed by atoms with van der Waals surface area (Å²) in [6, 6.07) is 10.1. The van der Waals surface area contributed by atoms with Gasteiger partial charge in [-0.05, 0) is 50.5 Å². The highest BCUT2D eigenvalue weighted by molar-refractivity contribution is 6.13. The van der Waals surface area contributed by atoms with Gasteiger partial charge in [0.25, 0.3) is 0 Å². The molecule has 114 valence electrons. The van der Waals surface area contributed by atoms with E-state index in [1.165, 1.54) is 0 Å². The fourth-order valence-electron chi connectivity index (χ4n) is 2.38. The Bertz CT molecular complexity index is 769. The van der Waals surface area contributed by atoms with Crippen LogP contribution in [0.5, 0.6) is 5.88 Å². The van der Waals surface area contributed by atoms with Crippen LogP contribution in [0.3, 0.4) is 0 Å². The average molecular weight is 295 g/mol. The van der Waals surface area contributed by atoms with Crippen molar-refractivity contribution in [3.05, 3.63) is 47.2 Å². The lowest BCUT2D eigenvalue weighted by Crippen LogP contribution is -2.08. The van der Waals surface area contributed by atoms with E-state index in [4.69, 9.17) is 10.5 Å². The van der Waals surface area contributed by atoms with Crippen LogP contribution in [-0.2, 0) is 0 Å². The first kappa shape index (κ1) is 14.6. The van der Waals surface area contributed by atoms with Gasteiger partial charge in [-0.15, -0.1) is 0 Å². The number of hydrogen-bond acceptors (Lipinski definition) is 4. The molecule has 2 aromatic rings. The first-order valence-electron chi connectivity index (χ1n) is 7.56. The van der Waals surface area contributed by atoms with Gasteiger partial charge >= 0.3 is 0 Å². The number of hydrogen-bond donors (Lipinski definition) is 1. The Balaban J connectivity index is 1.97. The Hall–Kier alpha value is -2.36. The van der Waals surface area contributed by atoms with Gasteiger partial charge in [0.05, 0.1) is 11.2 Å². The smallest absolute Gasteiger partial charge is 0.214 e. The third-order valence-corrected chi connectivity index (χ3v) is 3.92. The molecule has 3 rings (SSSR count). The molecule has 0 saturated heterocycles. The number of nitrogens with two attached hydrogens (primary N) is 1. The second-order valence-corrected chi connectivity index (χ2v) is 5.75. The van der Waals surface area contributed by atoms with E-state index in [-0.39, 0.29) is 0 Å². The monoisotopic (exact) mass is 295 g/mol. The van der Waals surface area contributed by atoms with Crippen molar-refractivity contribution in [2.45, 2.75) is 32.8 Å². The Kier molecular flexibility index (Phi) is 3.84. The van der Waals surface area contributed by atoms with Crippen LogP contribution in [0.2, 0.25) is 0 Å². The number of pyridine rings is 1. The lowest BCUT2D eigenvalue weighted by atomic mass is 10.0. The van der Waals surface area contributed by atoms with Crippen molar-refractivity contribution in [3.8, 4) is 5.88 Å². The van der Waals surface area contributed by atoms with Crippen molar-refractivity contribution in [2.75, 3.05) is 7.05 Å². The van der Waals surface area contributed by atoms with Gasteiger partial charge in [-0.25, -0.2) is 4.98 Å².